The van der Waals surface area contributed by atoms with Crippen LogP contribution in [0, 0.1) is 0 Å². The van der Waals surface area contributed by atoms with Crippen LogP contribution >= 0.6 is 0 Å². The van der Waals surface area contributed by atoms with Crippen molar-refractivity contribution in [3.8, 4) is 0 Å². The standard InChI is InChI=1S/C16H22F2N4O3S/c1-26(24,25)21-9-13(10-21)22-11-16(17,18)7-14(22)15(23)20-6-4-12-3-2-5-19-8-12/h2-3,5,8,13-14H,4,6-7,9-11H2,1H3,(H,20,23)/t14-/m0/s1. The molecule has 0 saturated carbocycles. The summed E-state index contributed by atoms with van der Waals surface area (Å²) in [5.41, 5.74) is 0.948. The number of sulfonamides is 1. The van der Waals surface area contributed by atoms with Crippen molar-refractivity contribution in [3.05, 3.63) is 30.1 Å². The van der Waals surface area contributed by atoms with Gasteiger partial charge in [-0.05, 0) is 18.1 Å². The number of amides is 1. The van der Waals surface area contributed by atoms with Gasteiger partial charge in [0.1, 0.15) is 0 Å². The number of aromatic nitrogens is 1. The normalized spacial score (nSPS) is 24.3. The first kappa shape index (κ1) is 19.1. The average molecular weight is 388 g/mol. The van der Waals surface area contributed by atoms with E-state index in [0.717, 1.165) is 11.8 Å². The molecular weight excluding hydrogens is 366 g/mol. The number of rotatable bonds is 6. The summed E-state index contributed by atoms with van der Waals surface area (Å²) in [6.07, 6.45) is 4.45. The summed E-state index contributed by atoms with van der Waals surface area (Å²) >= 11 is 0. The fourth-order valence-electron chi connectivity index (χ4n) is 3.36. The van der Waals surface area contributed by atoms with Crippen molar-refractivity contribution in [1.29, 1.82) is 0 Å². The van der Waals surface area contributed by atoms with Crippen molar-refractivity contribution in [1.82, 2.24) is 19.5 Å². The van der Waals surface area contributed by atoms with Crippen LogP contribution in [0.25, 0.3) is 0 Å². The summed E-state index contributed by atoms with van der Waals surface area (Å²) in [6, 6.07) is 2.38. The zero-order valence-corrected chi connectivity index (χ0v) is 15.3. The highest BCUT2D eigenvalue weighted by Gasteiger charge is 2.52. The number of pyridine rings is 1. The third kappa shape index (κ3) is 4.36. The quantitative estimate of drug-likeness (QED) is 0.747. The molecule has 10 heteroatoms. The summed E-state index contributed by atoms with van der Waals surface area (Å²) in [4.78, 5) is 17.9. The minimum Gasteiger partial charge on any atom is -0.354 e. The lowest BCUT2D eigenvalue weighted by molar-refractivity contribution is -0.127. The second kappa shape index (κ2) is 7.16. The van der Waals surface area contributed by atoms with Gasteiger partial charge in [-0.15, -0.1) is 0 Å². The van der Waals surface area contributed by atoms with Gasteiger partial charge < -0.3 is 5.32 Å². The minimum absolute atomic E-state index is 0.147. The van der Waals surface area contributed by atoms with Crippen molar-refractivity contribution in [2.24, 2.45) is 0 Å². The molecule has 3 heterocycles. The second-order valence-electron chi connectivity index (χ2n) is 6.88. The van der Waals surface area contributed by atoms with Crippen LogP contribution in [0.4, 0.5) is 8.78 Å². The van der Waals surface area contributed by atoms with Crippen LogP contribution in [-0.4, -0.2) is 79.0 Å². The number of hydrogen-bond acceptors (Lipinski definition) is 5. The third-order valence-electron chi connectivity index (χ3n) is 4.81. The van der Waals surface area contributed by atoms with Crippen LogP contribution in [0.2, 0.25) is 0 Å². The van der Waals surface area contributed by atoms with Gasteiger partial charge in [0.05, 0.1) is 18.8 Å². The van der Waals surface area contributed by atoms with Gasteiger partial charge in [0, 0.05) is 44.5 Å². The number of hydrogen-bond donors (Lipinski definition) is 1. The van der Waals surface area contributed by atoms with Crippen LogP contribution in [-0.2, 0) is 21.2 Å². The monoisotopic (exact) mass is 388 g/mol. The van der Waals surface area contributed by atoms with Gasteiger partial charge >= 0.3 is 0 Å². The first-order valence-electron chi connectivity index (χ1n) is 8.41. The predicted octanol–water partition coefficient (Wildman–Crippen LogP) is 0.0937. The topological polar surface area (TPSA) is 82.6 Å². The van der Waals surface area contributed by atoms with E-state index in [1.807, 2.05) is 6.07 Å². The Balaban J connectivity index is 1.56. The van der Waals surface area contributed by atoms with E-state index < -0.39 is 40.9 Å². The van der Waals surface area contributed by atoms with E-state index in [1.54, 1.807) is 18.5 Å². The average Bonchev–Trinajstić information content (AvgIpc) is 2.81. The molecule has 0 bridgehead atoms. The summed E-state index contributed by atoms with van der Waals surface area (Å²) < 4.78 is 51.9. The number of likely N-dealkylation sites (tertiary alicyclic amines) is 1. The molecule has 0 aromatic carbocycles. The third-order valence-corrected chi connectivity index (χ3v) is 6.05. The largest absolute Gasteiger partial charge is 0.354 e. The number of nitrogens with one attached hydrogen (secondary N) is 1. The number of carbonyl (C=O) groups excluding carboxylic acids is 1. The molecule has 1 amide bonds. The first-order chi connectivity index (χ1) is 12.2. The Labute approximate surface area is 151 Å². The van der Waals surface area contributed by atoms with Gasteiger partial charge in [0.2, 0.25) is 15.9 Å². The molecule has 3 rings (SSSR count). The Morgan fingerprint density at radius 1 is 1.42 bits per heavy atom. The molecular formula is C16H22F2N4O3S. The molecule has 144 valence electrons. The van der Waals surface area contributed by atoms with E-state index in [1.165, 1.54) is 9.21 Å². The predicted molar refractivity (Wildman–Crippen MR) is 91.2 cm³/mol. The van der Waals surface area contributed by atoms with Gasteiger partial charge in [-0.25, -0.2) is 17.2 Å². The lowest BCUT2D eigenvalue weighted by atomic mass is 10.1. The van der Waals surface area contributed by atoms with E-state index >= 15 is 0 Å². The highest BCUT2D eigenvalue weighted by Crippen LogP contribution is 2.35. The molecule has 0 spiro atoms. The van der Waals surface area contributed by atoms with Crippen molar-refractivity contribution >= 4 is 15.9 Å². The Kier molecular flexibility index (Phi) is 5.27. The molecule has 2 aliphatic heterocycles. The SMILES string of the molecule is CS(=O)(=O)N1CC(N2CC(F)(F)C[C@H]2C(=O)NCCc2cccnc2)C1. The molecule has 2 fully saturated rings. The van der Waals surface area contributed by atoms with E-state index in [0.29, 0.717) is 13.0 Å². The maximum absolute atomic E-state index is 13.9. The fourth-order valence-corrected chi connectivity index (χ4v) is 4.25. The highest BCUT2D eigenvalue weighted by molar-refractivity contribution is 7.88. The number of nitrogens with zero attached hydrogens (tertiary/aromatic N) is 3. The Morgan fingerprint density at radius 2 is 2.15 bits per heavy atom. The van der Waals surface area contributed by atoms with Crippen LogP contribution < -0.4 is 5.32 Å². The van der Waals surface area contributed by atoms with Gasteiger partial charge in [0.25, 0.3) is 5.92 Å². The Morgan fingerprint density at radius 3 is 2.77 bits per heavy atom. The van der Waals surface area contributed by atoms with Crippen LogP contribution in [0.15, 0.2) is 24.5 Å². The van der Waals surface area contributed by atoms with E-state index in [-0.39, 0.29) is 19.1 Å². The molecule has 1 aromatic rings. The number of alkyl halides is 2. The van der Waals surface area contributed by atoms with Crippen LogP contribution in [0.3, 0.4) is 0 Å². The van der Waals surface area contributed by atoms with E-state index in [2.05, 4.69) is 10.3 Å². The summed E-state index contributed by atoms with van der Waals surface area (Å²) in [6.45, 7) is 0.110. The molecule has 0 aliphatic carbocycles. The molecule has 2 saturated heterocycles. The zero-order valence-electron chi connectivity index (χ0n) is 14.4. The van der Waals surface area contributed by atoms with Crippen molar-refractivity contribution in [2.75, 3.05) is 32.4 Å². The zero-order chi connectivity index (χ0) is 18.9. The van der Waals surface area contributed by atoms with Gasteiger partial charge in [0.15, 0.2) is 0 Å². The Hall–Kier alpha value is -1.65. The number of halogens is 2. The lowest BCUT2D eigenvalue weighted by Gasteiger charge is -2.44. The van der Waals surface area contributed by atoms with Gasteiger partial charge in [-0.3, -0.25) is 14.7 Å². The molecule has 1 atom stereocenters. The molecule has 0 unspecified atom stereocenters. The van der Waals surface area contributed by atoms with Crippen LogP contribution in [0.5, 0.6) is 0 Å². The summed E-state index contributed by atoms with van der Waals surface area (Å²) in [7, 11) is -3.33. The van der Waals surface area contributed by atoms with E-state index in [4.69, 9.17) is 0 Å². The smallest absolute Gasteiger partial charge is 0.262 e. The summed E-state index contributed by atoms with van der Waals surface area (Å²) in [5, 5.41) is 2.71. The molecule has 2 aliphatic rings. The van der Waals surface area contributed by atoms with E-state index in [9.17, 15) is 22.0 Å². The van der Waals surface area contributed by atoms with Crippen LogP contribution in [0.1, 0.15) is 12.0 Å². The molecule has 1 aromatic heterocycles. The second-order valence-corrected chi connectivity index (χ2v) is 8.87. The molecule has 7 nitrogen and oxygen atoms in total. The molecule has 1 N–H and O–H groups in total. The van der Waals surface area contributed by atoms with Gasteiger partial charge in [-0.2, -0.15) is 4.31 Å². The van der Waals surface area contributed by atoms with Gasteiger partial charge in [-0.1, -0.05) is 6.07 Å². The molecule has 26 heavy (non-hydrogen) atoms. The van der Waals surface area contributed by atoms with Crippen molar-refractivity contribution in [3.63, 3.8) is 0 Å². The lowest BCUT2D eigenvalue weighted by Crippen LogP contribution is -2.63. The summed E-state index contributed by atoms with van der Waals surface area (Å²) in [5.74, 6) is -3.39. The van der Waals surface area contributed by atoms with Crippen molar-refractivity contribution < 1.29 is 22.0 Å². The Bertz CT molecular complexity index is 754. The maximum atomic E-state index is 13.9. The minimum atomic E-state index is -3.33. The van der Waals surface area contributed by atoms with Crippen molar-refractivity contribution in [2.45, 2.75) is 30.8 Å². The molecule has 0 radical (unpaired) electrons. The first-order valence-corrected chi connectivity index (χ1v) is 10.3. The number of carbonyl (C=O) groups is 1. The fraction of sp³-hybridized carbons (Fsp3) is 0.625. The maximum Gasteiger partial charge on any atom is 0.262 e. The highest BCUT2D eigenvalue weighted by atomic mass is 32.2.